The predicted octanol–water partition coefficient (Wildman–Crippen LogP) is 1.91. The van der Waals surface area contributed by atoms with Crippen LogP contribution in [0.15, 0.2) is 53.1 Å². The molecule has 6 heteroatoms. The van der Waals surface area contributed by atoms with E-state index in [4.69, 9.17) is 4.42 Å². The average Bonchev–Trinajstić information content (AvgIpc) is 3.01. The zero-order valence-corrected chi connectivity index (χ0v) is 12.6. The van der Waals surface area contributed by atoms with Crippen molar-refractivity contribution in [2.24, 2.45) is 0 Å². The Balaban J connectivity index is 2.21. The van der Waals surface area contributed by atoms with E-state index in [0.717, 1.165) is 11.3 Å². The molecule has 0 saturated carbocycles. The number of furan rings is 1. The van der Waals surface area contributed by atoms with E-state index < -0.39 is 12.1 Å². The number of likely N-dealkylation sites (N-methyl/N-ethyl adjacent to an activating group) is 1. The molecule has 22 heavy (non-hydrogen) atoms. The van der Waals surface area contributed by atoms with E-state index in [-0.39, 0.29) is 5.91 Å². The standard InChI is InChI=1S/C16H19N3O3/c1-17-16(21)18-15(20)14(12-7-4-3-5-8-12)19(2)11-13-9-6-10-22-13/h3-10,14H,11H2,1-2H3,(H2,17,18,20,21)/t14-/m0/s1. The number of benzene rings is 1. The van der Waals surface area contributed by atoms with Gasteiger partial charge in [0, 0.05) is 7.05 Å². The number of nitrogens with one attached hydrogen (secondary N) is 2. The first-order chi connectivity index (χ1) is 10.6. The Hall–Kier alpha value is -2.60. The number of imide groups is 1. The third-order valence-corrected chi connectivity index (χ3v) is 3.25. The summed E-state index contributed by atoms with van der Waals surface area (Å²) in [5.41, 5.74) is 0.804. The largest absolute Gasteiger partial charge is 0.468 e. The van der Waals surface area contributed by atoms with E-state index in [0.29, 0.717) is 6.54 Å². The molecule has 0 saturated heterocycles. The van der Waals surface area contributed by atoms with Crippen LogP contribution in [0.25, 0.3) is 0 Å². The molecular weight excluding hydrogens is 282 g/mol. The van der Waals surface area contributed by atoms with Gasteiger partial charge in [0.1, 0.15) is 11.8 Å². The lowest BCUT2D eigenvalue weighted by Crippen LogP contribution is -2.44. The number of hydrogen-bond donors (Lipinski definition) is 2. The van der Waals surface area contributed by atoms with E-state index in [9.17, 15) is 9.59 Å². The maximum absolute atomic E-state index is 12.4. The summed E-state index contributed by atoms with van der Waals surface area (Å²) in [6.45, 7) is 0.452. The number of carbonyl (C=O) groups excluding carboxylic acids is 2. The molecule has 0 spiro atoms. The molecule has 1 aromatic heterocycles. The summed E-state index contributed by atoms with van der Waals surface area (Å²) in [6.07, 6.45) is 1.59. The number of rotatable bonds is 5. The van der Waals surface area contributed by atoms with E-state index >= 15 is 0 Å². The van der Waals surface area contributed by atoms with Gasteiger partial charge in [0.15, 0.2) is 0 Å². The minimum Gasteiger partial charge on any atom is -0.468 e. The average molecular weight is 301 g/mol. The molecule has 3 amide bonds. The van der Waals surface area contributed by atoms with Crippen molar-refractivity contribution in [1.29, 1.82) is 0 Å². The van der Waals surface area contributed by atoms with Crippen LogP contribution < -0.4 is 10.6 Å². The molecule has 0 bridgehead atoms. The molecule has 0 aliphatic heterocycles. The van der Waals surface area contributed by atoms with E-state index in [2.05, 4.69) is 10.6 Å². The Morgan fingerprint density at radius 1 is 1.18 bits per heavy atom. The Kier molecular flexibility index (Phi) is 5.32. The summed E-state index contributed by atoms with van der Waals surface area (Å²) in [5, 5.41) is 4.71. The first kappa shape index (κ1) is 15.8. The lowest BCUT2D eigenvalue weighted by atomic mass is 10.0. The maximum Gasteiger partial charge on any atom is 0.321 e. The summed E-state index contributed by atoms with van der Waals surface area (Å²) in [4.78, 5) is 25.7. The third kappa shape index (κ3) is 3.95. The Morgan fingerprint density at radius 2 is 1.91 bits per heavy atom. The third-order valence-electron chi connectivity index (χ3n) is 3.25. The van der Waals surface area contributed by atoms with Crippen LogP contribution in [0.4, 0.5) is 4.79 Å². The van der Waals surface area contributed by atoms with Crippen LogP contribution in [-0.4, -0.2) is 30.9 Å². The monoisotopic (exact) mass is 301 g/mol. The molecule has 116 valence electrons. The first-order valence-corrected chi connectivity index (χ1v) is 6.92. The fourth-order valence-corrected chi connectivity index (χ4v) is 2.22. The van der Waals surface area contributed by atoms with Crippen LogP contribution in [-0.2, 0) is 11.3 Å². The second-order valence-electron chi connectivity index (χ2n) is 4.88. The van der Waals surface area contributed by atoms with Gasteiger partial charge in [-0.2, -0.15) is 0 Å². The van der Waals surface area contributed by atoms with Crippen LogP contribution in [0.3, 0.4) is 0 Å². The molecule has 1 heterocycles. The normalized spacial score (nSPS) is 12.0. The second-order valence-corrected chi connectivity index (χ2v) is 4.88. The summed E-state index contributed by atoms with van der Waals surface area (Å²) in [5.74, 6) is 0.357. The van der Waals surface area contributed by atoms with Crippen molar-refractivity contribution in [3.8, 4) is 0 Å². The molecule has 0 fully saturated rings. The molecule has 0 aliphatic rings. The van der Waals surface area contributed by atoms with Gasteiger partial charge in [-0.15, -0.1) is 0 Å². The fraction of sp³-hybridized carbons (Fsp3) is 0.250. The summed E-state index contributed by atoms with van der Waals surface area (Å²) in [7, 11) is 3.27. The van der Waals surface area contributed by atoms with Gasteiger partial charge >= 0.3 is 6.03 Å². The second kappa shape index (κ2) is 7.42. The minimum absolute atomic E-state index is 0.389. The highest BCUT2D eigenvalue weighted by atomic mass is 16.3. The van der Waals surface area contributed by atoms with Crippen molar-refractivity contribution < 1.29 is 14.0 Å². The number of hydrogen-bond acceptors (Lipinski definition) is 4. The van der Waals surface area contributed by atoms with Crippen LogP contribution in [0.5, 0.6) is 0 Å². The van der Waals surface area contributed by atoms with E-state index in [1.165, 1.54) is 7.05 Å². The molecule has 6 nitrogen and oxygen atoms in total. The van der Waals surface area contributed by atoms with Crippen LogP contribution in [0.2, 0.25) is 0 Å². The van der Waals surface area contributed by atoms with Crippen LogP contribution in [0, 0.1) is 0 Å². The summed E-state index contributed by atoms with van der Waals surface area (Å²) >= 11 is 0. The van der Waals surface area contributed by atoms with Crippen molar-refractivity contribution in [3.63, 3.8) is 0 Å². The molecule has 2 aromatic rings. The first-order valence-electron chi connectivity index (χ1n) is 6.92. The molecule has 0 aliphatic carbocycles. The lowest BCUT2D eigenvalue weighted by molar-refractivity contribution is -0.125. The Labute approximate surface area is 129 Å². The van der Waals surface area contributed by atoms with Gasteiger partial charge in [0.05, 0.1) is 12.8 Å². The van der Waals surface area contributed by atoms with Crippen molar-refractivity contribution >= 4 is 11.9 Å². The maximum atomic E-state index is 12.4. The van der Waals surface area contributed by atoms with E-state index in [1.807, 2.05) is 48.3 Å². The number of urea groups is 1. The zero-order valence-electron chi connectivity index (χ0n) is 12.6. The number of amides is 3. The fourth-order valence-electron chi connectivity index (χ4n) is 2.22. The van der Waals surface area contributed by atoms with Gasteiger partial charge in [0.2, 0.25) is 5.91 Å². The molecule has 0 unspecified atom stereocenters. The van der Waals surface area contributed by atoms with Crippen molar-refractivity contribution in [3.05, 3.63) is 60.1 Å². The zero-order chi connectivity index (χ0) is 15.9. The predicted molar refractivity (Wildman–Crippen MR) is 82.0 cm³/mol. The van der Waals surface area contributed by atoms with Gasteiger partial charge in [-0.1, -0.05) is 30.3 Å². The molecule has 2 rings (SSSR count). The Morgan fingerprint density at radius 3 is 2.50 bits per heavy atom. The highest BCUT2D eigenvalue weighted by Crippen LogP contribution is 2.21. The molecule has 1 aromatic carbocycles. The Bertz CT molecular complexity index is 611. The van der Waals surface area contributed by atoms with Gasteiger partial charge < -0.3 is 9.73 Å². The van der Waals surface area contributed by atoms with E-state index in [1.54, 1.807) is 12.3 Å². The number of carbonyl (C=O) groups is 2. The van der Waals surface area contributed by atoms with Gasteiger partial charge in [-0.25, -0.2) is 4.79 Å². The van der Waals surface area contributed by atoms with Gasteiger partial charge in [0.25, 0.3) is 0 Å². The minimum atomic E-state index is -0.594. The lowest BCUT2D eigenvalue weighted by Gasteiger charge is -2.26. The molecular formula is C16H19N3O3. The SMILES string of the molecule is CNC(=O)NC(=O)[C@H](c1ccccc1)N(C)Cc1ccco1. The quantitative estimate of drug-likeness (QED) is 0.884. The van der Waals surface area contributed by atoms with Crippen molar-refractivity contribution in [2.45, 2.75) is 12.6 Å². The summed E-state index contributed by atoms with van der Waals surface area (Å²) < 4.78 is 5.32. The van der Waals surface area contributed by atoms with Crippen molar-refractivity contribution in [1.82, 2.24) is 15.5 Å². The number of nitrogens with zero attached hydrogens (tertiary/aromatic N) is 1. The van der Waals surface area contributed by atoms with Crippen molar-refractivity contribution in [2.75, 3.05) is 14.1 Å². The topological polar surface area (TPSA) is 74.6 Å². The van der Waals surface area contributed by atoms with Gasteiger partial charge in [-0.3, -0.25) is 15.0 Å². The highest BCUT2D eigenvalue weighted by Gasteiger charge is 2.26. The van der Waals surface area contributed by atoms with Crippen LogP contribution in [0.1, 0.15) is 17.4 Å². The van der Waals surface area contributed by atoms with Gasteiger partial charge in [-0.05, 0) is 24.7 Å². The molecule has 1 atom stereocenters. The van der Waals surface area contributed by atoms with Crippen LogP contribution >= 0.6 is 0 Å². The molecule has 0 radical (unpaired) electrons. The highest BCUT2D eigenvalue weighted by molar-refractivity contribution is 5.97. The molecule has 2 N–H and O–H groups in total. The smallest absolute Gasteiger partial charge is 0.321 e. The summed E-state index contributed by atoms with van der Waals surface area (Å²) in [6, 6.07) is 11.8.